The molecule has 0 amide bonds. The lowest BCUT2D eigenvalue weighted by Crippen LogP contribution is -1.88. The number of anilines is 2. The van der Waals surface area contributed by atoms with E-state index >= 15 is 0 Å². The smallest absolute Gasteiger partial charge is 0.188 e. The number of thiazole rings is 1. The van der Waals surface area contributed by atoms with E-state index in [9.17, 15) is 0 Å². The molecule has 0 saturated heterocycles. The fourth-order valence-corrected chi connectivity index (χ4v) is 2.24. The summed E-state index contributed by atoms with van der Waals surface area (Å²) in [5, 5.41) is 6.09. The zero-order valence-electron chi connectivity index (χ0n) is 7.62. The zero-order valence-corrected chi connectivity index (χ0v) is 10.0. The van der Waals surface area contributed by atoms with Gasteiger partial charge in [-0.2, -0.15) is 0 Å². The van der Waals surface area contributed by atoms with Gasteiger partial charge in [-0.25, -0.2) is 4.98 Å². The summed E-state index contributed by atoms with van der Waals surface area (Å²) in [5.41, 5.74) is 2.33. The molecule has 0 aliphatic rings. The highest BCUT2D eigenvalue weighted by Gasteiger charge is 1.98. The molecule has 0 saturated carbocycles. The third kappa shape index (κ3) is 2.33. The Kier molecular flexibility index (Phi) is 2.84. The number of nitrogens with one attached hydrogen (secondary N) is 1. The maximum atomic E-state index is 4.25. The molecule has 0 unspecified atom stereocenters. The van der Waals surface area contributed by atoms with Gasteiger partial charge in [0, 0.05) is 11.1 Å². The normalized spacial score (nSPS) is 10.1. The molecule has 0 aliphatic heterocycles. The van der Waals surface area contributed by atoms with Crippen LogP contribution in [-0.4, -0.2) is 4.98 Å². The first-order chi connectivity index (χ1) is 6.74. The Hall–Kier alpha value is -0.870. The van der Waals surface area contributed by atoms with E-state index in [4.69, 9.17) is 0 Å². The fraction of sp³-hybridized carbons (Fsp3) is 0.100. The van der Waals surface area contributed by atoms with Gasteiger partial charge in [0.2, 0.25) is 0 Å². The third-order valence-corrected chi connectivity index (χ3v) is 3.25. The minimum atomic E-state index is 0.872. The number of rotatable bonds is 2. The quantitative estimate of drug-likeness (QED) is 0.892. The highest BCUT2D eigenvalue weighted by atomic mass is 79.9. The predicted molar refractivity (Wildman–Crippen MR) is 64.3 cm³/mol. The van der Waals surface area contributed by atoms with Crippen LogP contribution in [0.25, 0.3) is 0 Å². The van der Waals surface area contributed by atoms with Crippen LogP contribution in [0.3, 0.4) is 0 Å². The van der Waals surface area contributed by atoms with E-state index in [0.29, 0.717) is 0 Å². The molecule has 0 spiro atoms. The van der Waals surface area contributed by atoms with Crippen LogP contribution in [0.5, 0.6) is 0 Å². The van der Waals surface area contributed by atoms with Gasteiger partial charge in [-0.3, -0.25) is 0 Å². The van der Waals surface area contributed by atoms with E-state index < -0.39 is 0 Å². The maximum Gasteiger partial charge on any atom is 0.188 e. The molecule has 1 aromatic carbocycles. The topological polar surface area (TPSA) is 24.9 Å². The van der Waals surface area contributed by atoms with Crippen molar-refractivity contribution in [2.45, 2.75) is 6.92 Å². The van der Waals surface area contributed by atoms with Gasteiger partial charge in [-0.05, 0) is 35.0 Å². The number of nitrogens with zero attached hydrogens (tertiary/aromatic N) is 1. The Morgan fingerprint density at radius 3 is 2.57 bits per heavy atom. The fourth-order valence-electron chi connectivity index (χ4n) is 1.07. The van der Waals surface area contributed by atoms with Crippen molar-refractivity contribution >= 4 is 38.1 Å². The van der Waals surface area contributed by atoms with Crippen LogP contribution < -0.4 is 5.32 Å². The number of hydrogen-bond donors (Lipinski definition) is 1. The largest absolute Gasteiger partial charge is 0.332 e. The number of halogens is 1. The summed E-state index contributed by atoms with van der Waals surface area (Å²) < 4.78 is 0.872. The molecule has 2 nitrogen and oxygen atoms in total. The standard InChI is InChI=1S/C10H9BrN2S/c1-7-2-4-8(5-3-7)12-10-13-9(11)6-14-10/h2-6H,1H3,(H,12,13). The van der Waals surface area contributed by atoms with Crippen molar-refractivity contribution in [3.05, 3.63) is 39.8 Å². The average molecular weight is 269 g/mol. The lowest BCUT2D eigenvalue weighted by Gasteiger charge is -2.01. The zero-order chi connectivity index (χ0) is 9.97. The lowest BCUT2D eigenvalue weighted by atomic mass is 10.2. The monoisotopic (exact) mass is 268 g/mol. The molecule has 1 N–H and O–H groups in total. The van der Waals surface area contributed by atoms with Crippen LogP contribution in [0.2, 0.25) is 0 Å². The van der Waals surface area contributed by atoms with Crippen molar-refractivity contribution in [1.29, 1.82) is 0 Å². The molecule has 14 heavy (non-hydrogen) atoms. The molecule has 1 aromatic heterocycles. The maximum absolute atomic E-state index is 4.25. The molecule has 0 bridgehead atoms. The van der Waals surface area contributed by atoms with Gasteiger partial charge >= 0.3 is 0 Å². The van der Waals surface area contributed by atoms with Crippen LogP contribution in [0.1, 0.15) is 5.56 Å². The summed E-state index contributed by atoms with van der Waals surface area (Å²) in [6.45, 7) is 2.07. The van der Waals surface area contributed by atoms with Gasteiger partial charge in [0.25, 0.3) is 0 Å². The molecule has 2 aromatic rings. The SMILES string of the molecule is Cc1ccc(Nc2nc(Br)cs2)cc1. The van der Waals surface area contributed by atoms with Crippen LogP contribution in [0.15, 0.2) is 34.2 Å². The van der Waals surface area contributed by atoms with Crippen LogP contribution >= 0.6 is 27.3 Å². The van der Waals surface area contributed by atoms with Gasteiger partial charge in [0.15, 0.2) is 5.13 Å². The second-order valence-electron chi connectivity index (χ2n) is 2.97. The number of hydrogen-bond acceptors (Lipinski definition) is 3. The van der Waals surface area contributed by atoms with Crippen molar-refractivity contribution in [2.75, 3.05) is 5.32 Å². The van der Waals surface area contributed by atoms with E-state index in [1.54, 1.807) is 11.3 Å². The molecule has 0 fully saturated rings. The molecule has 1 heterocycles. The van der Waals surface area contributed by atoms with Gasteiger partial charge in [-0.15, -0.1) is 11.3 Å². The molecule has 2 rings (SSSR count). The van der Waals surface area contributed by atoms with Crippen molar-refractivity contribution in [2.24, 2.45) is 0 Å². The van der Waals surface area contributed by atoms with E-state index in [0.717, 1.165) is 15.4 Å². The van der Waals surface area contributed by atoms with Crippen molar-refractivity contribution in [3.63, 3.8) is 0 Å². The summed E-state index contributed by atoms with van der Waals surface area (Å²) in [6, 6.07) is 8.24. The molecule has 0 radical (unpaired) electrons. The summed E-state index contributed by atoms with van der Waals surface area (Å²) in [4.78, 5) is 4.25. The molecule has 0 aliphatic carbocycles. The second-order valence-corrected chi connectivity index (χ2v) is 4.64. The van der Waals surface area contributed by atoms with Gasteiger partial charge < -0.3 is 5.32 Å². The number of aryl methyl sites for hydroxylation is 1. The molecular weight excluding hydrogens is 260 g/mol. The van der Waals surface area contributed by atoms with Crippen LogP contribution in [0.4, 0.5) is 10.8 Å². The summed E-state index contributed by atoms with van der Waals surface area (Å²) in [6.07, 6.45) is 0. The first-order valence-corrected chi connectivity index (χ1v) is 5.86. The van der Waals surface area contributed by atoms with Crippen molar-refractivity contribution < 1.29 is 0 Å². The van der Waals surface area contributed by atoms with Gasteiger partial charge in [0.05, 0.1) is 0 Å². The molecule has 4 heteroatoms. The Balaban J connectivity index is 2.15. The lowest BCUT2D eigenvalue weighted by molar-refractivity contribution is 1.34. The van der Waals surface area contributed by atoms with E-state index in [1.807, 2.05) is 17.5 Å². The van der Waals surface area contributed by atoms with Crippen molar-refractivity contribution in [3.8, 4) is 0 Å². The van der Waals surface area contributed by atoms with Crippen molar-refractivity contribution in [1.82, 2.24) is 4.98 Å². The Morgan fingerprint density at radius 2 is 2.00 bits per heavy atom. The minimum absolute atomic E-state index is 0.872. The third-order valence-electron chi connectivity index (χ3n) is 1.78. The highest BCUT2D eigenvalue weighted by Crippen LogP contribution is 2.23. The molecule has 72 valence electrons. The number of aromatic nitrogens is 1. The Bertz CT molecular complexity index is 422. The molecular formula is C10H9BrN2S. The first-order valence-electron chi connectivity index (χ1n) is 4.19. The average Bonchev–Trinajstić information content (AvgIpc) is 2.56. The van der Waals surface area contributed by atoms with E-state index in [1.165, 1.54) is 5.56 Å². The van der Waals surface area contributed by atoms with E-state index in [-0.39, 0.29) is 0 Å². The summed E-state index contributed by atoms with van der Waals surface area (Å²) in [5.74, 6) is 0. The second kappa shape index (κ2) is 4.11. The van der Waals surface area contributed by atoms with Crippen LogP contribution in [-0.2, 0) is 0 Å². The summed E-state index contributed by atoms with van der Waals surface area (Å²) in [7, 11) is 0. The van der Waals surface area contributed by atoms with Crippen LogP contribution in [0, 0.1) is 6.92 Å². The Morgan fingerprint density at radius 1 is 1.29 bits per heavy atom. The highest BCUT2D eigenvalue weighted by molar-refractivity contribution is 9.10. The molecule has 0 atom stereocenters. The minimum Gasteiger partial charge on any atom is -0.332 e. The number of benzene rings is 1. The predicted octanol–water partition coefficient (Wildman–Crippen LogP) is 3.96. The van der Waals surface area contributed by atoms with Gasteiger partial charge in [-0.1, -0.05) is 17.7 Å². The van der Waals surface area contributed by atoms with Gasteiger partial charge in [0.1, 0.15) is 4.60 Å². The van der Waals surface area contributed by atoms with E-state index in [2.05, 4.69) is 45.3 Å². The Labute approximate surface area is 95.1 Å². The first kappa shape index (κ1) is 9.68. The summed E-state index contributed by atoms with van der Waals surface area (Å²) >= 11 is 4.90.